The number of ether oxygens (including phenoxy) is 1. The lowest BCUT2D eigenvalue weighted by atomic mass is 9.96. The first-order valence-electron chi connectivity index (χ1n) is 11.1. The summed E-state index contributed by atoms with van der Waals surface area (Å²) in [5.74, 6) is 3.23. The molecule has 3 aliphatic rings. The minimum absolute atomic E-state index is 0. The molecular formula is C22H35FIN5OS. The molecule has 1 atom stereocenters. The van der Waals surface area contributed by atoms with E-state index in [1.54, 1.807) is 0 Å². The molecule has 4 rings (SSSR count). The third kappa shape index (κ3) is 6.17. The van der Waals surface area contributed by atoms with E-state index in [0.29, 0.717) is 0 Å². The minimum Gasteiger partial charge on any atom is -0.379 e. The summed E-state index contributed by atoms with van der Waals surface area (Å²) in [6.07, 6.45) is 1.21. The number of morpholine rings is 1. The van der Waals surface area contributed by atoms with Crippen molar-refractivity contribution in [1.29, 1.82) is 0 Å². The highest BCUT2D eigenvalue weighted by Gasteiger charge is 2.40. The molecule has 1 unspecified atom stereocenters. The summed E-state index contributed by atoms with van der Waals surface area (Å²) < 4.78 is 18.8. The highest BCUT2D eigenvalue weighted by atomic mass is 127. The molecule has 3 fully saturated rings. The number of benzene rings is 1. The first kappa shape index (κ1) is 24.9. The van der Waals surface area contributed by atoms with Crippen LogP contribution in [0.1, 0.15) is 13.3 Å². The maximum atomic E-state index is 13.2. The first-order valence-corrected chi connectivity index (χ1v) is 12.3. The van der Waals surface area contributed by atoms with Crippen LogP contribution in [0.4, 0.5) is 10.1 Å². The maximum Gasteiger partial charge on any atom is 0.194 e. The molecule has 1 aromatic rings. The van der Waals surface area contributed by atoms with E-state index >= 15 is 0 Å². The number of guanidine groups is 1. The molecule has 0 saturated carbocycles. The molecule has 0 aliphatic carbocycles. The van der Waals surface area contributed by atoms with Gasteiger partial charge in [0.15, 0.2) is 5.96 Å². The molecular weight excluding hydrogens is 528 g/mol. The average molecular weight is 564 g/mol. The number of nitrogens with one attached hydrogen (secondary N) is 1. The van der Waals surface area contributed by atoms with Crippen molar-refractivity contribution in [3.05, 3.63) is 30.1 Å². The van der Waals surface area contributed by atoms with Crippen molar-refractivity contribution in [1.82, 2.24) is 15.1 Å². The van der Waals surface area contributed by atoms with Gasteiger partial charge in [0, 0.05) is 57.3 Å². The lowest BCUT2D eigenvalue weighted by molar-refractivity contribution is -0.0105. The van der Waals surface area contributed by atoms with Crippen molar-refractivity contribution in [2.24, 2.45) is 4.99 Å². The highest BCUT2D eigenvalue weighted by molar-refractivity contribution is 14.0. The summed E-state index contributed by atoms with van der Waals surface area (Å²) in [6, 6.07) is 6.82. The summed E-state index contributed by atoms with van der Waals surface area (Å²) in [5, 5.41) is 3.52. The molecule has 0 spiro atoms. The Kier molecular flexibility index (Phi) is 9.54. The molecule has 3 heterocycles. The van der Waals surface area contributed by atoms with Crippen LogP contribution in [0, 0.1) is 5.82 Å². The second-order valence-corrected chi connectivity index (χ2v) is 9.35. The number of thioether (sulfide) groups is 1. The quantitative estimate of drug-likeness (QED) is 0.338. The Morgan fingerprint density at radius 3 is 2.45 bits per heavy atom. The van der Waals surface area contributed by atoms with Gasteiger partial charge in [-0.15, -0.1) is 24.0 Å². The van der Waals surface area contributed by atoms with Crippen LogP contribution in [-0.2, 0) is 4.74 Å². The van der Waals surface area contributed by atoms with Gasteiger partial charge in [0.05, 0.1) is 25.3 Å². The second kappa shape index (κ2) is 11.9. The van der Waals surface area contributed by atoms with Crippen LogP contribution in [0.5, 0.6) is 0 Å². The van der Waals surface area contributed by atoms with Crippen molar-refractivity contribution in [2.75, 3.05) is 82.0 Å². The Labute approximate surface area is 207 Å². The van der Waals surface area contributed by atoms with Crippen LogP contribution in [0.25, 0.3) is 0 Å². The van der Waals surface area contributed by atoms with Crippen molar-refractivity contribution < 1.29 is 9.13 Å². The normalized spacial score (nSPS) is 25.4. The predicted molar refractivity (Wildman–Crippen MR) is 139 cm³/mol. The number of rotatable bonds is 5. The van der Waals surface area contributed by atoms with E-state index < -0.39 is 0 Å². The van der Waals surface area contributed by atoms with Crippen LogP contribution >= 0.6 is 35.7 Å². The zero-order valence-electron chi connectivity index (χ0n) is 18.4. The summed E-state index contributed by atoms with van der Waals surface area (Å²) in [5.41, 5.74) is 1.26. The monoisotopic (exact) mass is 563 g/mol. The van der Waals surface area contributed by atoms with E-state index in [4.69, 9.17) is 9.73 Å². The minimum atomic E-state index is -0.182. The fourth-order valence-electron chi connectivity index (χ4n) is 4.58. The highest BCUT2D eigenvalue weighted by Crippen LogP contribution is 2.34. The molecule has 0 aromatic heterocycles. The zero-order chi connectivity index (χ0) is 20.8. The smallest absolute Gasteiger partial charge is 0.194 e. The Hall–Kier alpha value is -0.780. The number of halogens is 2. The second-order valence-electron chi connectivity index (χ2n) is 8.25. The molecule has 1 N–H and O–H groups in total. The van der Waals surface area contributed by atoms with Gasteiger partial charge in [0.2, 0.25) is 0 Å². The zero-order valence-corrected chi connectivity index (χ0v) is 21.5. The van der Waals surface area contributed by atoms with E-state index in [1.807, 2.05) is 12.1 Å². The largest absolute Gasteiger partial charge is 0.379 e. The molecule has 1 aromatic carbocycles. The van der Waals surface area contributed by atoms with Gasteiger partial charge in [0.1, 0.15) is 5.82 Å². The fourth-order valence-corrected chi connectivity index (χ4v) is 6.05. The summed E-state index contributed by atoms with van der Waals surface area (Å²) in [6.45, 7) is 11.2. The molecule has 9 heteroatoms. The van der Waals surface area contributed by atoms with Crippen LogP contribution < -0.4 is 10.2 Å². The molecule has 3 aliphatic heterocycles. The lowest BCUT2D eigenvalue weighted by Crippen LogP contribution is -2.57. The van der Waals surface area contributed by atoms with Gasteiger partial charge >= 0.3 is 0 Å². The molecule has 0 bridgehead atoms. The van der Waals surface area contributed by atoms with Crippen LogP contribution in [0.2, 0.25) is 0 Å². The summed E-state index contributed by atoms with van der Waals surface area (Å²) in [4.78, 5) is 12.5. The standard InChI is InChI=1S/C22H34FN5OS.HI/c1-2-24-21(25-17-22(7-16-30-18-22)28-12-14-29-15-13-28)27-10-8-26(9-11-27)20-5-3-19(23)4-6-20;/h3-6H,2,7-18H2,1H3,(H,24,25);1H. The number of piperazine rings is 1. The van der Waals surface area contributed by atoms with E-state index in [1.165, 1.54) is 24.3 Å². The number of aliphatic imine (C=N–C) groups is 1. The number of nitrogens with zero attached hydrogens (tertiary/aromatic N) is 4. The van der Waals surface area contributed by atoms with Gasteiger partial charge in [-0.25, -0.2) is 4.39 Å². The Morgan fingerprint density at radius 1 is 1.13 bits per heavy atom. The first-order chi connectivity index (χ1) is 14.7. The predicted octanol–water partition coefficient (Wildman–Crippen LogP) is 2.74. The third-order valence-electron chi connectivity index (χ3n) is 6.39. The van der Waals surface area contributed by atoms with Crippen molar-refractivity contribution in [3.63, 3.8) is 0 Å². The van der Waals surface area contributed by atoms with E-state index in [0.717, 1.165) is 83.0 Å². The van der Waals surface area contributed by atoms with E-state index in [9.17, 15) is 4.39 Å². The number of hydrogen-bond donors (Lipinski definition) is 1. The van der Waals surface area contributed by atoms with Gasteiger partial charge in [-0.05, 0) is 43.4 Å². The topological polar surface area (TPSA) is 43.3 Å². The number of hydrogen-bond acceptors (Lipinski definition) is 5. The Morgan fingerprint density at radius 2 is 1.84 bits per heavy atom. The summed E-state index contributed by atoms with van der Waals surface area (Å²) in [7, 11) is 0. The maximum absolute atomic E-state index is 13.2. The molecule has 0 amide bonds. The number of anilines is 1. The van der Waals surface area contributed by atoms with Crippen LogP contribution in [0.3, 0.4) is 0 Å². The van der Waals surface area contributed by atoms with Gasteiger partial charge in [-0.3, -0.25) is 9.89 Å². The summed E-state index contributed by atoms with van der Waals surface area (Å²) >= 11 is 2.06. The molecule has 6 nitrogen and oxygen atoms in total. The Balaban J connectivity index is 0.00000272. The third-order valence-corrected chi connectivity index (χ3v) is 7.63. The Bertz CT molecular complexity index is 702. The van der Waals surface area contributed by atoms with Crippen molar-refractivity contribution in [2.45, 2.75) is 18.9 Å². The average Bonchev–Trinajstić information content (AvgIpc) is 3.28. The molecule has 0 radical (unpaired) electrons. The van der Waals surface area contributed by atoms with Gasteiger partial charge in [0.25, 0.3) is 0 Å². The van der Waals surface area contributed by atoms with E-state index in [2.05, 4.69) is 38.7 Å². The van der Waals surface area contributed by atoms with Crippen LogP contribution in [-0.4, -0.2) is 98.4 Å². The lowest BCUT2D eigenvalue weighted by Gasteiger charge is -2.42. The van der Waals surface area contributed by atoms with Gasteiger partial charge < -0.3 is 19.9 Å². The van der Waals surface area contributed by atoms with Gasteiger partial charge in [-0.2, -0.15) is 11.8 Å². The molecule has 31 heavy (non-hydrogen) atoms. The van der Waals surface area contributed by atoms with Crippen molar-refractivity contribution >= 4 is 47.4 Å². The van der Waals surface area contributed by atoms with E-state index in [-0.39, 0.29) is 35.3 Å². The molecule has 174 valence electrons. The van der Waals surface area contributed by atoms with Crippen LogP contribution in [0.15, 0.2) is 29.3 Å². The fraction of sp³-hybridized carbons (Fsp3) is 0.682. The SMILES string of the molecule is CCNC(=NCC1(N2CCOCC2)CCSC1)N1CCN(c2ccc(F)cc2)CC1.I. The van der Waals surface area contributed by atoms with Crippen molar-refractivity contribution in [3.8, 4) is 0 Å². The van der Waals surface area contributed by atoms with Gasteiger partial charge in [-0.1, -0.05) is 0 Å². The molecule has 3 saturated heterocycles.